The van der Waals surface area contributed by atoms with Gasteiger partial charge in [-0.05, 0) is 36.5 Å². The van der Waals surface area contributed by atoms with Crippen LogP contribution in [0.5, 0.6) is 0 Å². The van der Waals surface area contributed by atoms with Crippen molar-refractivity contribution >= 4 is 11.8 Å². The van der Waals surface area contributed by atoms with E-state index >= 15 is 0 Å². The molecule has 2 aliphatic rings. The van der Waals surface area contributed by atoms with Gasteiger partial charge in [-0.15, -0.1) is 0 Å². The lowest BCUT2D eigenvalue weighted by Crippen LogP contribution is -2.43. The normalized spacial score (nSPS) is 22.7. The predicted octanol–water partition coefficient (Wildman–Crippen LogP) is 2.21. The van der Waals surface area contributed by atoms with Gasteiger partial charge in [-0.25, -0.2) is 9.37 Å². The third kappa shape index (κ3) is 3.46. The van der Waals surface area contributed by atoms with Gasteiger partial charge in [-0.1, -0.05) is 12.1 Å². The number of aryl methyl sites for hydroxylation is 1. The Morgan fingerprint density at radius 3 is 2.93 bits per heavy atom. The van der Waals surface area contributed by atoms with Crippen LogP contribution >= 0.6 is 0 Å². The van der Waals surface area contributed by atoms with E-state index in [1.807, 2.05) is 15.9 Å². The number of rotatable bonds is 3. The Kier molecular flexibility index (Phi) is 4.68. The van der Waals surface area contributed by atoms with Crippen molar-refractivity contribution < 1.29 is 14.0 Å². The molecule has 0 saturated carbocycles. The molecule has 2 saturated heterocycles. The zero-order chi connectivity index (χ0) is 19.0. The van der Waals surface area contributed by atoms with E-state index in [1.54, 1.807) is 30.2 Å². The number of fused-ring (bicyclic) bond motifs is 1. The first-order valence-electron chi connectivity index (χ1n) is 9.32. The maximum Gasteiger partial charge on any atom is 0.272 e. The maximum absolute atomic E-state index is 13.6. The maximum atomic E-state index is 13.6. The fraction of sp³-hybridized carbons (Fsp3) is 0.450. The van der Waals surface area contributed by atoms with Crippen LogP contribution in [-0.2, 0) is 18.4 Å². The molecule has 0 N–H and O–H groups in total. The number of benzene rings is 1. The number of amides is 2. The second-order valence-corrected chi connectivity index (χ2v) is 7.47. The molecule has 3 heterocycles. The quantitative estimate of drug-likeness (QED) is 0.832. The van der Waals surface area contributed by atoms with Gasteiger partial charge in [0.2, 0.25) is 5.91 Å². The largest absolute Gasteiger partial charge is 0.335 e. The van der Waals surface area contributed by atoms with Crippen molar-refractivity contribution in [2.24, 2.45) is 13.0 Å². The molecule has 2 atom stereocenters. The van der Waals surface area contributed by atoms with Crippen LogP contribution in [0.25, 0.3) is 0 Å². The molecule has 0 spiro atoms. The number of aromatic nitrogens is 2. The second-order valence-electron chi connectivity index (χ2n) is 7.47. The SMILES string of the molecule is Cn1cncc1C(=O)N1C[C@H]2CCCC(=O)N(Cc3cccc(F)c3)[C@H]2C1. The number of halogens is 1. The molecule has 2 aliphatic heterocycles. The summed E-state index contributed by atoms with van der Waals surface area (Å²) in [6.07, 6.45) is 5.45. The topological polar surface area (TPSA) is 58.4 Å². The van der Waals surface area contributed by atoms with E-state index in [9.17, 15) is 14.0 Å². The first-order chi connectivity index (χ1) is 13.0. The van der Waals surface area contributed by atoms with Crippen molar-refractivity contribution in [1.82, 2.24) is 19.4 Å². The van der Waals surface area contributed by atoms with Crippen LogP contribution in [-0.4, -0.2) is 50.3 Å². The summed E-state index contributed by atoms with van der Waals surface area (Å²) in [5, 5.41) is 0. The molecular formula is C20H23FN4O2. The zero-order valence-electron chi connectivity index (χ0n) is 15.3. The van der Waals surface area contributed by atoms with Crippen LogP contribution in [0.2, 0.25) is 0 Å². The molecule has 142 valence electrons. The highest BCUT2D eigenvalue weighted by Crippen LogP contribution is 2.32. The summed E-state index contributed by atoms with van der Waals surface area (Å²) >= 11 is 0. The average Bonchev–Trinajstić information content (AvgIpc) is 3.22. The standard InChI is InChI=1S/C20H23FN4O2/c1-23-13-22-9-17(23)20(27)24-11-15-5-3-7-19(26)25(18(15)12-24)10-14-4-2-6-16(21)8-14/h2,4,6,8-9,13,15,18H,3,5,7,10-12H2,1H3/t15-,18+/m1/s1. The third-order valence-corrected chi connectivity index (χ3v) is 5.66. The highest BCUT2D eigenvalue weighted by atomic mass is 19.1. The van der Waals surface area contributed by atoms with Crippen molar-refractivity contribution in [2.45, 2.75) is 31.8 Å². The Bertz CT molecular complexity index is 865. The fourth-order valence-electron chi connectivity index (χ4n) is 4.26. The monoisotopic (exact) mass is 370 g/mol. The van der Waals surface area contributed by atoms with Crippen LogP contribution in [0.4, 0.5) is 4.39 Å². The molecule has 1 aromatic carbocycles. The van der Waals surface area contributed by atoms with Gasteiger partial charge >= 0.3 is 0 Å². The van der Waals surface area contributed by atoms with Gasteiger partial charge in [0.05, 0.1) is 18.6 Å². The molecule has 2 fully saturated rings. The fourth-order valence-corrected chi connectivity index (χ4v) is 4.26. The minimum absolute atomic E-state index is 0.0274. The molecule has 27 heavy (non-hydrogen) atoms. The van der Waals surface area contributed by atoms with Gasteiger partial charge in [0.15, 0.2) is 0 Å². The van der Waals surface area contributed by atoms with Crippen molar-refractivity contribution in [3.63, 3.8) is 0 Å². The lowest BCUT2D eigenvalue weighted by molar-refractivity contribution is -0.133. The highest BCUT2D eigenvalue weighted by Gasteiger charge is 2.42. The summed E-state index contributed by atoms with van der Waals surface area (Å²) in [5.41, 5.74) is 1.33. The van der Waals surface area contributed by atoms with Gasteiger partial charge in [-0.3, -0.25) is 9.59 Å². The predicted molar refractivity (Wildman–Crippen MR) is 97.2 cm³/mol. The Labute approximate surface area is 157 Å². The molecule has 2 aromatic rings. The van der Waals surface area contributed by atoms with Crippen LogP contribution in [0, 0.1) is 11.7 Å². The molecule has 7 heteroatoms. The summed E-state index contributed by atoms with van der Waals surface area (Å²) in [6, 6.07) is 6.35. The minimum atomic E-state index is -0.300. The number of carbonyl (C=O) groups is 2. The van der Waals surface area contributed by atoms with E-state index in [2.05, 4.69) is 4.98 Å². The van der Waals surface area contributed by atoms with Gasteiger partial charge in [-0.2, -0.15) is 0 Å². The van der Waals surface area contributed by atoms with Gasteiger partial charge < -0.3 is 14.4 Å². The first kappa shape index (κ1) is 17.7. The zero-order valence-corrected chi connectivity index (χ0v) is 15.3. The lowest BCUT2D eigenvalue weighted by atomic mass is 9.98. The van der Waals surface area contributed by atoms with Gasteiger partial charge in [0.25, 0.3) is 5.91 Å². The number of hydrogen-bond acceptors (Lipinski definition) is 3. The lowest BCUT2D eigenvalue weighted by Gasteiger charge is -2.30. The Balaban J connectivity index is 1.56. The second kappa shape index (κ2) is 7.13. The van der Waals surface area contributed by atoms with Crippen LogP contribution in [0.3, 0.4) is 0 Å². The summed E-state index contributed by atoms with van der Waals surface area (Å²) in [4.78, 5) is 33.3. The van der Waals surface area contributed by atoms with E-state index in [-0.39, 0.29) is 29.6 Å². The molecule has 1 aromatic heterocycles. The smallest absolute Gasteiger partial charge is 0.272 e. The number of carbonyl (C=O) groups excluding carboxylic acids is 2. The highest BCUT2D eigenvalue weighted by molar-refractivity contribution is 5.92. The van der Waals surface area contributed by atoms with Crippen molar-refractivity contribution in [2.75, 3.05) is 13.1 Å². The van der Waals surface area contributed by atoms with Gasteiger partial charge in [0.1, 0.15) is 11.5 Å². The molecule has 0 radical (unpaired) electrons. The molecular weight excluding hydrogens is 347 g/mol. The summed E-state index contributed by atoms with van der Waals surface area (Å²) in [7, 11) is 1.80. The van der Waals surface area contributed by atoms with E-state index in [0.29, 0.717) is 31.7 Å². The Morgan fingerprint density at radius 1 is 1.33 bits per heavy atom. The van der Waals surface area contributed by atoms with E-state index in [0.717, 1.165) is 18.4 Å². The third-order valence-electron chi connectivity index (χ3n) is 5.66. The summed E-state index contributed by atoms with van der Waals surface area (Å²) in [6.45, 7) is 1.53. The van der Waals surface area contributed by atoms with Crippen molar-refractivity contribution in [3.8, 4) is 0 Å². The molecule has 6 nitrogen and oxygen atoms in total. The Hall–Kier alpha value is -2.70. The Morgan fingerprint density at radius 2 is 2.19 bits per heavy atom. The molecule has 0 bridgehead atoms. The summed E-state index contributed by atoms with van der Waals surface area (Å²) < 4.78 is 15.3. The van der Waals surface area contributed by atoms with Crippen LogP contribution < -0.4 is 0 Å². The first-order valence-corrected chi connectivity index (χ1v) is 9.32. The van der Waals surface area contributed by atoms with Crippen LogP contribution in [0.1, 0.15) is 35.3 Å². The van der Waals surface area contributed by atoms with Crippen molar-refractivity contribution in [3.05, 3.63) is 53.9 Å². The van der Waals surface area contributed by atoms with E-state index in [4.69, 9.17) is 0 Å². The van der Waals surface area contributed by atoms with E-state index < -0.39 is 0 Å². The number of nitrogens with zero attached hydrogens (tertiary/aromatic N) is 4. The minimum Gasteiger partial charge on any atom is -0.335 e. The summed E-state index contributed by atoms with van der Waals surface area (Å²) in [5.74, 6) is -0.0178. The number of hydrogen-bond donors (Lipinski definition) is 0. The average molecular weight is 370 g/mol. The molecule has 4 rings (SSSR count). The molecule has 2 amide bonds. The van der Waals surface area contributed by atoms with Gasteiger partial charge in [0, 0.05) is 33.1 Å². The number of imidazole rings is 1. The van der Waals surface area contributed by atoms with Crippen molar-refractivity contribution in [1.29, 1.82) is 0 Å². The molecule has 0 unspecified atom stereocenters. The number of likely N-dealkylation sites (tertiary alicyclic amines) is 2. The van der Waals surface area contributed by atoms with Crippen LogP contribution in [0.15, 0.2) is 36.8 Å². The molecule has 0 aliphatic carbocycles. The van der Waals surface area contributed by atoms with E-state index in [1.165, 1.54) is 12.1 Å².